The van der Waals surface area contributed by atoms with Crippen molar-refractivity contribution >= 4 is 33.4 Å². The van der Waals surface area contributed by atoms with Crippen LogP contribution in [0.3, 0.4) is 0 Å². The molecule has 5 heteroatoms. The summed E-state index contributed by atoms with van der Waals surface area (Å²) < 4.78 is 0.952. The Morgan fingerprint density at radius 1 is 0.917 bits per heavy atom. The van der Waals surface area contributed by atoms with Gasteiger partial charge in [0.1, 0.15) is 0 Å². The van der Waals surface area contributed by atoms with Crippen molar-refractivity contribution in [2.24, 2.45) is 5.92 Å². The Labute approximate surface area is 150 Å². The molecule has 4 nitrogen and oxygen atoms in total. The maximum atomic E-state index is 12.2. The highest BCUT2D eigenvalue weighted by Gasteiger charge is 2.09. The normalized spacial score (nSPS) is 10.5. The number of carbonyl (C=O) groups excluding carboxylic acids is 2. The summed E-state index contributed by atoms with van der Waals surface area (Å²) in [6.07, 6.45) is 0.944. The Morgan fingerprint density at radius 3 is 2.00 bits per heavy atom. The molecule has 2 amide bonds. The second kappa shape index (κ2) is 8.64. The van der Waals surface area contributed by atoms with Crippen LogP contribution in [0, 0.1) is 5.92 Å². The molecule has 0 radical (unpaired) electrons. The van der Waals surface area contributed by atoms with E-state index >= 15 is 0 Å². The molecule has 0 atom stereocenters. The van der Waals surface area contributed by atoms with Crippen LogP contribution in [0.25, 0.3) is 0 Å². The molecule has 0 aromatic heterocycles. The van der Waals surface area contributed by atoms with E-state index in [1.54, 1.807) is 24.3 Å². The molecule has 2 N–H and O–H groups in total. The molecule has 0 aliphatic rings. The molecule has 2 aromatic carbocycles. The van der Waals surface area contributed by atoms with Crippen molar-refractivity contribution < 1.29 is 9.59 Å². The number of rotatable bonds is 6. The molecule has 0 saturated carbocycles. The van der Waals surface area contributed by atoms with Gasteiger partial charge in [0.2, 0.25) is 0 Å². The van der Waals surface area contributed by atoms with E-state index in [0.29, 0.717) is 23.6 Å². The van der Waals surface area contributed by atoms with Gasteiger partial charge in [-0.25, -0.2) is 0 Å². The first-order chi connectivity index (χ1) is 11.5. The molecule has 0 saturated heterocycles. The van der Waals surface area contributed by atoms with Crippen LogP contribution in [-0.4, -0.2) is 18.4 Å². The lowest BCUT2D eigenvalue weighted by atomic mass is 10.1. The van der Waals surface area contributed by atoms with Crippen molar-refractivity contribution in [3.05, 3.63) is 64.1 Å². The van der Waals surface area contributed by atoms with Crippen LogP contribution >= 0.6 is 15.9 Å². The highest BCUT2D eigenvalue weighted by Crippen LogP contribution is 2.15. The molecule has 2 aromatic rings. The third kappa shape index (κ3) is 5.49. The first-order valence-electron chi connectivity index (χ1n) is 7.91. The first-order valence-corrected chi connectivity index (χ1v) is 8.70. The topological polar surface area (TPSA) is 58.2 Å². The fourth-order valence-corrected chi connectivity index (χ4v) is 2.35. The Balaban J connectivity index is 1.94. The molecular formula is C19H21BrN2O2. The molecule has 0 fully saturated rings. The zero-order chi connectivity index (χ0) is 17.5. The quantitative estimate of drug-likeness (QED) is 0.766. The van der Waals surface area contributed by atoms with Crippen LogP contribution < -0.4 is 10.6 Å². The number of carbonyl (C=O) groups is 2. The van der Waals surface area contributed by atoms with E-state index in [-0.39, 0.29) is 11.8 Å². The zero-order valence-electron chi connectivity index (χ0n) is 13.8. The Morgan fingerprint density at radius 2 is 1.46 bits per heavy atom. The van der Waals surface area contributed by atoms with Gasteiger partial charge in [0, 0.05) is 27.8 Å². The number of halogens is 1. The van der Waals surface area contributed by atoms with Crippen molar-refractivity contribution in [3.63, 3.8) is 0 Å². The molecule has 0 heterocycles. The molecule has 0 unspecified atom stereocenters. The fourth-order valence-electron chi connectivity index (χ4n) is 2.09. The van der Waals surface area contributed by atoms with Crippen LogP contribution in [0.1, 0.15) is 41.0 Å². The van der Waals surface area contributed by atoms with Gasteiger partial charge in [0.25, 0.3) is 11.8 Å². The Kier molecular flexibility index (Phi) is 6.55. The molecule has 126 valence electrons. The van der Waals surface area contributed by atoms with Crippen LogP contribution in [0.5, 0.6) is 0 Å². The van der Waals surface area contributed by atoms with Gasteiger partial charge >= 0.3 is 0 Å². The van der Waals surface area contributed by atoms with E-state index in [9.17, 15) is 9.59 Å². The minimum absolute atomic E-state index is 0.115. The van der Waals surface area contributed by atoms with Crippen molar-refractivity contribution in [3.8, 4) is 0 Å². The molecule has 0 bridgehead atoms. The lowest BCUT2D eigenvalue weighted by molar-refractivity contribution is 0.0950. The second-order valence-electron chi connectivity index (χ2n) is 5.98. The Bertz CT molecular complexity index is 694. The van der Waals surface area contributed by atoms with E-state index in [1.807, 2.05) is 24.3 Å². The summed E-state index contributed by atoms with van der Waals surface area (Å²) in [5.41, 5.74) is 1.79. The minimum atomic E-state index is -0.205. The van der Waals surface area contributed by atoms with Crippen molar-refractivity contribution in [1.82, 2.24) is 5.32 Å². The third-order valence-electron chi connectivity index (χ3n) is 3.52. The van der Waals surface area contributed by atoms with E-state index in [1.165, 1.54) is 0 Å². The number of hydrogen-bond acceptors (Lipinski definition) is 2. The predicted molar refractivity (Wildman–Crippen MR) is 100 cm³/mol. The number of nitrogens with one attached hydrogen (secondary N) is 2. The Hall–Kier alpha value is -2.14. The second-order valence-corrected chi connectivity index (χ2v) is 6.89. The standard InChI is InChI=1S/C19H21BrN2O2/c1-13(2)11-12-21-18(23)14-3-5-15(6-4-14)19(24)22-17-9-7-16(20)8-10-17/h3-10,13H,11-12H2,1-2H3,(H,21,23)(H,22,24). The van der Waals surface area contributed by atoms with Crippen LogP contribution in [0.2, 0.25) is 0 Å². The van der Waals surface area contributed by atoms with E-state index in [4.69, 9.17) is 0 Å². The summed E-state index contributed by atoms with van der Waals surface area (Å²) in [5.74, 6) is 0.231. The molecule has 2 rings (SSSR count). The molecule has 0 spiro atoms. The largest absolute Gasteiger partial charge is 0.352 e. The van der Waals surface area contributed by atoms with Crippen LogP contribution in [0.4, 0.5) is 5.69 Å². The van der Waals surface area contributed by atoms with E-state index in [0.717, 1.165) is 16.6 Å². The summed E-state index contributed by atoms with van der Waals surface area (Å²) in [6.45, 7) is 4.89. The molecule has 0 aliphatic heterocycles. The van der Waals surface area contributed by atoms with Gasteiger partial charge in [0.15, 0.2) is 0 Å². The van der Waals surface area contributed by atoms with Crippen LogP contribution in [-0.2, 0) is 0 Å². The minimum Gasteiger partial charge on any atom is -0.352 e. The lowest BCUT2D eigenvalue weighted by Crippen LogP contribution is -2.25. The third-order valence-corrected chi connectivity index (χ3v) is 4.05. The monoisotopic (exact) mass is 388 g/mol. The lowest BCUT2D eigenvalue weighted by Gasteiger charge is -2.08. The SMILES string of the molecule is CC(C)CCNC(=O)c1ccc(C(=O)Nc2ccc(Br)cc2)cc1. The molecule has 24 heavy (non-hydrogen) atoms. The number of anilines is 1. The smallest absolute Gasteiger partial charge is 0.255 e. The molecule has 0 aliphatic carbocycles. The van der Waals surface area contributed by atoms with Gasteiger partial charge in [-0.05, 0) is 60.9 Å². The van der Waals surface area contributed by atoms with E-state index in [2.05, 4.69) is 40.4 Å². The van der Waals surface area contributed by atoms with Gasteiger partial charge in [-0.1, -0.05) is 29.8 Å². The average molecular weight is 389 g/mol. The number of amides is 2. The van der Waals surface area contributed by atoms with Crippen molar-refractivity contribution in [1.29, 1.82) is 0 Å². The van der Waals surface area contributed by atoms with Gasteiger partial charge in [-0.2, -0.15) is 0 Å². The number of hydrogen-bond donors (Lipinski definition) is 2. The molecular weight excluding hydrogens is 368 g/mol. The van der Waals surface area contributed by atoms with Crippen molar-refractivity contribution in [2.75, 3.05) is 11.9 Å². The maximum Gasteiger partial charge on any atom is 0.255 e. The van der Waals surface area contributed by atoms with Crippen molar-refractivity contribution in [2.45, 2.75) is 20.3 Å². The predicted octanol–water partition coefficient (Wildman–Crippen LogP) is 4.48. The van der Waals surface area contributed by atoms with Gasteiger partial charge < -0.3 is 10.6 Å². The highest BCUT2D eigenvalue weighted by molar-refractivity contribution is 9.10. The van der Waals surface area contributed by atoms with Crippen LogP contribution in [0.15, 0.2) is 53.0 Å². The zero-order valence-corrected chi connectivity index (χ0v) is 15.4. The summed E-state index contributed by atoms with van der Waals surface area (Å²) >= 11 is 3.35. The maximum absolute atomic E-state index is 12.2. The summed E-state index contributed by atoms with van der Waals surface area (Å²) in [4.78, 5) is 24.2. The summed E-state index contributed by atoms with van der Waals surface area (Å²) in [7, 11) is 0. The average Bonchev–Trinajstić information content (AvgIpc) is 2.56. The first kappa shape index (κ1) is 18.2. The van der Waals surface area contributed by atoms with Gasteiger partial charge in [-0.15, -0.1) is 0 Å². The van der Waals surface area contributed by atoms with Gasteiger partial charge in [-0.3, -0.25) is 9.59 Å². The summed E-state index contributed by atoms with van der Waals surface area (Å²) in [5, 5.41) is 5.70. The fraction of sp³-hybridized carbons (Fsp3) is 0.263. The highest BCUT2D eigenvalue weighted by atomic mass is 79.9. The number of benzene rings is 2. The van der Waals surface area contributed by atoms with Gasteiger partial charge in [0.05, 0.1) is 0 Å². The summed E-state index contributed by atoms with van der Waals surface area (Å²) in [6, 6.07) is 14.0. The van der Waals surface area contributed by atoms with E-state index < -0.39 is 0 Å².